The van der Waals surface area contributed by atoms with E-state index in [1.807, 2.05) is 6.92 Å². The Hall–Kier alpha value is -0.900. The van der Waals surface area contributed by atoms with Crippen LogP contribution in [0, 0.1) is 6.92 Å². The lowest BCUT2D eigenvalue weighted by molar-refractivity contribution is -0.0224. The quantitative estimate of drug-likeness (QED) is 0.872. The predicted octanol–water partition coefficient (Wildman–Crippen LogP) is 2.58. The maximum Gasteiger partial charge on any atom is 0.0809 e. The third-order valence-electron chi connectivity index (χ3n) is 3.54. The molecule has 0 saturated carbocycles. The van der Waals surface area contributed by atoms with Gasteiger partial charge in [0.2, 0.25) is 0 Å². The molecule has 100 valence electrons. The fourth-order valence-corrected chi connectivity index (χ4v) is 2.20. The van der Waals surface area contributed by atoms with E-state index in [0.29, 0.717) is 6.61 Å². The minimum absolute atomic E-state index is 0.0110. The van der Waals surface area contributed by atoms with Crippen LogP contribution in [0.3, 0.4) is 0 Å². The molecule has 2 rings (SSSR count). The molecule has 0 amide bonds. The molecule has 3 nitrogen and oxygen atoms in total. The van der Waals surface area contributed by atoms with E-state index < -0.39 is 0 Å². The Bertz CT molecular complexity index is 357. The van der Waals surface area contributed by atoms with Crippen molar-refractivity contribution in [3.63, 3.8) is 0 Å². The van der Waals surface area contributed by atoms with Crippen LogP contribution in [0.4, 0.5) is 0 Å². The van der Waals surface area contributed by atoms with Crippen LogP contribution in [0.15, 0.2) is 24.3 Å². The van der Waals surface area contributed by atoms with Crippen molar-refractivity contribution >= 4 is 0 Å². The molecule has 18 heavy (non-hydrogen) atoms. The summed E-state index contributed by atoms with van der Waals surface area (Å²) in [6, 6.07) is 8.24. The molecule has 0 radical (unpaired) electrons. The molecule has 1 aromatic carbocycles. The number of hydrogen-bond acceptors (Lipinski definition) is 3. The largest absolute Gasteiger partial charge is 0.376 e. The number of nitrogens with two attached hydrogens (primary N) is 1. The Kier molecular flexibility index (Phi) is 4.75. The van der Waals surface area contributed by atoms with Gasteiger partial charge in [-0.05, 0) is 32.3 Å². The predicted molar refractivity (Wildman–Crippen MR) is 72.5 cm³/mol. The fraction of sp³-hybridized carbons (Fsp3) is 0.600. The minimum Gasteiger partial charge on any atom is -0.376 e. The van der Waals surface area contributed by atoms with Crippen LogP contribution < -0.4 is 5.73 Å². The third-order valence-corrected chi connectivity index (χ3v) is 3.54. The molecule has 1 heterocycles. The van der Waals surface area contributed by atoms with Crippen LogP contribution in [0.2, 0.25) is 0 Å². The zero-order valence-corrected chi connectivity index (χ0v) is 11.3. The Morgan fingerprint density at radius 2 is 2.11 bits per heavy atom. The highest BCUT2D eigenvalue weighted by atomic mass is 16.5. The van der Waals surface area contributed by atoms with Crippen molar-refractivity contribution in [3.8, 4) is 0 Å². The Morgan fingerprint density at radius 1 is 1.39 bits per heavy atom. The third kappa shape index (κ3) is 3.55. The number of aryl methyl sites for hydroxylation is 1. The SMILES string of the molecule is Cc1ccc(C(N)C(C)OCC2CCCO2)cc1. The second kappa shape index (κ2) is 6.32. The highest BCUT2D eigenvalue weighted by Crippen LogP contribution is 2.19. The molecule has 0 spiro atoms. The van der Waals surface area contributed by atoms with Crippen LogP contribution in [0.1, 0.15) is 36.9 Å². The first kappa shape index (κ1) is 13.5. The summed E-state index contributed by atoms with van der Waals surface area (Å²) >= 11 is 0. The lowest BCUT2D eigenvalue weighted by Crippen LogP contribution is -2.29. The van der Waals surface area contributed by atoms with Gasteiger partial charge in [-0.3, -0.25) is 0 Å². The first-order valence-electron chi connectivity index (χ1n) is 6.72. The number of rotatable bonds is 5. The topological polar surface area (TPSA) is 44.5 Å². The lowest BCUT2D eigenvalue weighted by atomic mass is 10.0. The van der Waals surface area contributed by atoms with E-state index in [4.69, 9.17) is 15.2 Å². The van der Waals surface area contributed by atoms with E-state index in [0.717, 1.165) is 25.0 Å². The van der Waals surface area contributed by atoms with Gasteiger partial charge in [0.15, 0.2) is 0 Å². The van der Waals surface area contributed by atoms with Crippen LogP contribution in [0.5, 0.6) is 0 Å². The standard InChI is InChI=1S/C15H23NO2/c1-11-5-7-13(8-6-11)15(16)12(2)18-10-14-4-3-9-17-14/h5-8,12,14-15H,3-4,9-10,16H2,1-2H3. The van der Waals surface area contributed by atoms with Gasteiger partial charge in [0, 0.05) is 6.61 Å². The van der Waals surface area contributed by atoms with Gasteiger partial charge in [-0.2, -0.15) is 0 Å². The summed E-state index contributed by atoms with van der Waals surface area (Å²) < 4.78 is 11.4. The fourth-order valence-electron chi connectivity index (χ4n) is 2.20. The van der Waals surface area contributed by atoms with Crippen molar-refractivity contribution in [2.75, 3.05) is 13.2 Å². The second-order valence-corrected chi connectivity index (χ2v) is 5.11. The van der Waals surface area contributed by atoms with E-state index in [1.54, 1.807) is 0 Å². The Balaban J connectivity index is 1.83. The molecule has 1 aliphatic rings. The smallest absolute Gasteiger partial charge is 0.0809 e. The molecule has 1 aliphatic heterocycles. The van der Waals surface area contributed by atoms with Crippen molar-refractivity contribution < 1.29 is 9.47 Å². The number of benzene rings is 1. The molecule has 3 unspecified atom stereocenters. The molecule has 1 aromatic rings. The van der Waals surface area contributed by atoms with Crippen molar-refractivity contribution in [2.45, 2.75) is 44.9 Å². The van der Waals surface area contributed by atoms with Gasteiger partial charge in [-0.15, -0.1) is 0 Å². The van der Waals surface area contributed by atoms with Gasteiger partial charge < -0.3 is 15.2 Å². The molecule has 3 atom stereocenters. The van der Waals surface area contributed by atoms with Gasteiger partial charge >= 0.3 is 0 Å². The molecule has 0 bridgehead atoms. The summed E-state index contributed by atoms with van der Waals surface area (Å²) in [6.45, 7) is 5.62. The molecular weight excluding hydrogens is 226 g/mol. The van der Waals surface area contributed by atoms with Crippen molar-refractivity contribution in [2.24, 2.45) is 5.73 Å². The van der Waals surface area contributed by atoms with Gasteiger partial charge in [-0.25, -0.2) is 0 Å². The highest BCUT2D eigenvalue weighted by molar-refractivity contribution is 5.24. The number of hydrogen-bond donors (Lipinski definition) is 1. The maximum atomic E-state index is 6.21. The molecule has 2 N–H and O–H groups in total. The van der Waals surface area contributed by atoms with Gasteiger partial charge in [0.05, 0.1) is 24.9 Å². The van der Waals surface area contributed by atoms with Gasteiger partial charge in [-0.1, -0.05) is 29.8 Å². The second-order valence-electron chi connectivity index (χ2n) is 5.11. The Morgan fingerprint density at radius 3 is 2.72 bits per heavy atom. The normalized spacial score (nSPS) is 22.9. The average Bonchev–Trinajstić information content (AvgIpc) is 2.89. The van der Waals surface area contributed by atoms with Crippen molar-refractivity contribution in [3.05, 3.63) is 35.4 Å². The van der Waals surface area contributed by atoms with E-state index in [2.05, 4.69) is 31.2 Å². The summed E-state index contributed by atoms with van der Waals surface area (Å²) in [7, 11) is 0. The first-order chi connectivity index (χ1) is 8.66. The van der Waals surface area contributed by atoms with E-state index in [1.165, 1.54) is 5.56 Å². The molecule has 1 fully saturated rings. The average molecular weight is 249 g/mol. The van der Waals surface area contributed by atoms with Crippen molar-refractivity contribution in [1.29, 1.82) is 0 Å². The summed E-state index contributed by atoms with van der Waals surface area (Å²) in [5, 5.41) is 0. The zero-order valence-electron chi connectivity index (χ0n) is 11.3. The van der Waals surface area contributed by atoms with E-state index in [-0.39, 0.29) is 18.2 Å². The summed E-state index contributed by atoms with van der Waals surface area (Å²) in [5.74, 6) is 0. The molecule has 0 aromatic heterocycles. The molecular formula is C15H23NO2. The highest BCUT2D eigenvalue weighted by Gasteiger charge is 2.20. The van der Waals surface area contributed by atoms with Gasteiger partial charge in [0.1, 0.15) is 0 Å². The summed E-state index contributed by atoms with van der Waals surface area (Å²) in [5.41, 5.74) is 8.58. The van der Waals surface area contributed by atoms with Crippen LogP contribution in [-0.2, 0) is 9.47 Å². The van der Waals surface area contributed by atoms with Crippen LogP contribution in [-0.4, -0.2) is 25.4 Å². The monoisotopic (exact) mass is 249 g/mol. The zero-order chi connectivity index (χ0) is 13.0. The first-order valence-corrected chi connectivity index (χ1v) is 6.72. The minimum atomic E-state index is -0.0768. The summed E-state index contributed by atoms with van der Waals surface area (Å²) in [4.78, 5) is 0. The van der Waals surface area contributed by atoms with Crippen LogP contribution in [0.25, 0.3) is 0 Å². The van der Waals surface area contributed by atoms with Crippen molar-refractivity contribution in [1.82, 2.24) is 0 Å². The maximum absolute atomic E-state index is 6.21. The summed E-state index contributed by atoms with van der Waals surface area (Å²) in [6.07, 6.45) is 2.52. The molecule has 1 saturated heterocycles. The van der Waals surface area contributed by atoms with E-state index >= 15 is 0 Å². The van der Waals surface area contributed by atoms with E-state index in [9.17, 15) is 0 Å². The molecule has 3 heteroatoms. The molecule has 0 aliphatic carbocycles. The van der Waals surface area contributed by atoms with Crippen LogP contribution >= 0.6 is 0 Å². The number of ether oxygens (including phenoxy) is 2. The Labute approximate surface area is 109 Å². The van der Waals surface area contributed by atoms with Gasteiger partial charge in [0.25, 0.3) is 0 Å². The lowest BCUT2D eigenvalue weighted by Gasteiger charge is -2.22.